The topological polar surface area (TPSA) is 75.6 Å². The molecule has 1 rings (SSSR count). The lowest BCUT2D eigenvalue weighted by atomic mass is 10.2. The van der Waals surface area contributed by atoms with Crippen LogP contribution in [0.4, 0.5) is 13.2 Å². The number of methoxy groups -OCH3 is 1. The predicted octanol–water partition coefficient (Wildman–Crippen LogP) is 2.07. The van der Waals surface area contributed by atoms with Crippen LogP contribution in [0.5, 0.6) is 5.75 Å². The first kappa shape index (κ1) is 18.0. The largest absolute Gasteiger partial charge is 0.495 e. The Balaban J connectivity index is 3.10. The molecule has 10 heteroatoms. The molecule has 0 saturated carbocycles. The summed E-state index contributed by atoms with van der Waals surface area (Å²) in [7, 11) is -3.07. The molecular weight excluding hydrogens is 335 g/mol. The van der Waals surface area contributed by atoms with Gasteiger partial charge in [-0.05, 0) is 12.1 Å². The highest BCUT2D eigenvalue weighted by Gasteiger charge is 2.29. The van der Waals surface area contributed by atoms with E-state index in [0.717, 1.165) is 6.07 Å². The van der Waals surface area contributed by atoms with Gasteiger partial charge in [0, 0.05) is 17.1 Å². The highest BCUT2D eigenvalue weighted by atomic mass is 35.5. The SMILES string of the molecule is COc1c(CO)cc(Cl)cc1S(=O)(=O)NCCC(F)(F)F. The zero-order valence-electron chi connectivity index (χ0n) is 10.9. The van der Waals surface area contributed by atoms with Crippen molar-refractivity contribution in [3.8, 4) is 5.75 Å². The Morgan fingerprint density at radius 1 is 1.38 bits per heavy atom. The molecule has 0 fully saturated rings. The summed E-state index contributed by atoms with van der Waals surface area (Å²) in [5.41, 5.74) is 0.112. The summed E-state index contributed by atoms with van der Waals surface area (Å²) in [6.45, 7) is -1.34. The first-order chi connectivity index (χ1) is 9.60. The summed E-state index contributed by atoms with van der Waals surface area (Å²) in [4.78, 5) is -0.427. The van der Waals surface area contributed by atoms with Crippen LogP contribution in [0, 0.1) is 0 Å². The third-order valence-electron chi connectivity index (χ3n) is 2.46. The van der Waals surface area contributed by atoms with Gasteiger partial charge in [0.1, 0.15) is 10.6 Å². The first-order valence-electron chi connectivity index (χ1n) is 5.64. The van der Waals surface area contributed by atoms with E-state index in [1.807, 2.05) is 4.72 Å². The Labute approximate surface area is 124 Å². The molecule has 0 spiro atoms. The second-order valence-electron chi connectivity index (χ2n) is 4.02. The number of rotatable bonds is 6. The summed E-state index contributed by atoms with van der Waals surface area (Å²) in [6.07, 6.45) is -5.78. The van der Waals surface area contributed by atoms with Crippen LogP contribution in [0.2, 0.25) is 5.02 Å². The molecular formula is C11H13ClF3NO4S. The number of nitrogens with one attached hydrogen (secondary N) is 1. The number of aliphatic hydroxyl groups is 1. The van der Waals surface area contributed by atoms with Gasteiger partial charge in [0.2, 0.25) is 10.0 Å². The van der Waals surface area contributed by atoms with E-state index >= 15 is 0 Å². The van der Waals surface area contributed by atoms with Crippen LogP contribution in [0.25, 0.3) is 0 Å². The van der Waals surface area contributed by atoms with Crippen molar-refractivity contribution in [2.75, 3.05) is 13.7 Å². The van der Waals surface area contributed by atoms with E-state index in [4.69, 9.17) is 21.4 Å². The molecule has 0 aliphatic heterocycles. The molecule has 1 aromatic carbocycles. The van der Waals surface area contributed by atoms with Crippen molar-refractivity contribution in [3.05, 3.63) is 22.7 Å². The smallest absolute Gasteiger partial charge is 0.390 e. The lowest BCUT2D eigenvalue weighted by Gasteiger charge is -2.14. The second-order valence-corrected chi connectivity index (χ2v) is 6.19. The van der Waals surface area contributed by atoms with Gasteiger partial charge in [-0.15, -0.1) is 0 Å². The number of ether oxygens (including phenoxy) is 1. The lowest BCUT2D eigenvalue weighted by Crippen LogP contribution is -2.28. The zero-order chi connectivity index (χ0) is 16.3. The first-order valence-corrected chi connectivity index (χ1v) is 7.50. The van der Waals surface area contributed by atoms with Gasteiger partial charge in [0.15, 0.2) is 0 Å². The average Bonchev–Trinajstić information content (AvgIpc) is 2.35. The predicted molar refractivity (Wildman–Crippen MR) is 69.8 cm³/mol. The van der Waals surface area contributed by atoms with Crippen LogP contribution in [-0.2, 0) is 16.6 Å². The van der Waals surface area contributed by atoms with Gasteiger partial charge in [0.25, 0.3) is 0 Å². The summed E-state index contributed by atoms with van der Waals surface area (Å²) < 4.78 is 66.9. The molecule has 0 radical (unpaired) electrons. The van der Waals surface area contributed by atoms with E-state index < -0.39 is 40.7 Å². The van der Waals surface area contributed by atoms with Gasteiger partial charge < -0.3 is 9.84 Å². The molecule has 0 heterocycles. The Kier molecular flexibility index (Phi) is 5.85. The number of hydrogen-bond donors (Lipinski definition) is 2. The van der Waals surface area contributed by atoms with Gasteiger partial charge >= 0.3 is 6.18 Å². The molecule has 0 saturated heterocycles. The minimum atomic E-state index is -4.48. The van der Waals surface area contributed by atoms with Gasteiger partial charge in [-0.2, -0.15) is 13.2 Å². The fraction of sp³-hybridized carbons (Fsp3) is 0.455. The van der Waals surface area contributed by atoms with Crippen LogP contribution in [0.15, 0.2) is 17.0 Å². The molecule has 5 nitrogen and oxygen atoms in total. The number of alkyl halides is 3. The summed E-state index contributed by atoms with van der Waals surface area (Å²) in [6, 6.07) is 2.34. The Morgan fingerprint density at radius 3 is 2.48 bits per heavy atom. The standard InChI is InChI=1S/C11H13ClF3NO4S/c1-20-10-7(6-17)4-8(12)5-9(10)21(18,19)16-3-2-11(13,14)15/h4-5,16-17H,2-3,6H2,1H3. The quantitative estimate of drug-likeness (QED) is 0.826. The Morgan fingerprint density at radius 2 is 2.00 bits per heavy atom. The highest BCUT2D eigenvalue weighted by molar-refractivity contribution is 7.89. The molecule has 0 aromatic heterocycles. The normalized spacial score (nSPS) is 12.5. The third-order valence-corrected chi connectivity index (χ3v) is 4.15. The van der Waals surface area contributed by atoms with E-state index in [0.29, 0.717) is 0 Å². The van der Waals surface area contributed by atoms with E-state index in [2.05, 4.69) is 0 Å². The third kappa shape index (κ3) is 5.03. The molecule has 0 bridgehead atoms. The van der Waals surface area contributed by atoms with E-state index in [-0.39, 0.29) is 16.3 Å². The van der Waals surface area contributed by atoms with E-state index in [1.54, 1.807) is 0 Å². The molecule has 120 valence electrons. The second kappa shape index (κ2) is 6.82. The van der Waals surface area contributed by atoms with Crippen molar-refractivity contribution in [2.24, 2.45) is 0 Å². The summed E-state index contributed by atoms with van der Waals surface area (Å²) in [5, 5.41) is 9.15. The Hall–Kier alpha value is -1.03. The van der Waals surface area contributed by atoms with E-state index in [9.17, 15) is 21.6 Å². The maximum Gasteiger partial charge on any atom is 0.390 e. The molecule has 0 amide bonds. The maximum absolute atomic E-state index is 12.0. The molecule has 0 unspecified atom stereocenters. The monoisotopic (exact) mass is 347 g/mol. The van der Waals surface area contributed by atoms with Crippen molar-refractivity contribution < 1.29 is 31.4 Å². The molecule has 0 atom stereocenters. The van der Waals surface area contributed by atoms with Crippen molar-refractivity contribution in [1.29, 1.82) is 0 Å². The highest BCUT2D eigenvalue weighted by Crippen LogP contribution is 2.32. The van der Waals surface area contributed by atoms with Crippen molar-refractivity contribution in [3.63, 3.8) is 0 Å². The minimum absolute atomic E-state index is 0.0102. The van der Waals surface area contributed by atoms with Gasteiger partial charge in [0.05, 0.1) is 20.1 Å². The number of benzene rings is 1. The van der Waals surface area contributed by atoms with Gasteiger partial charge in [-0.3, -0.25) is 0 Å². The van der Waals surface area contributed by atoms with Crippen LogP contribution in [0.3, 0.4) is 0 Å². The Bertz CT molecular complexity index is 604. The fourth-order valence-corrected chi connectivity index (χ4v) is 3.15. The number of sulfonamides is 1. The van der Waals surface area contributed by atoms with Crippen molar-refractivity contribution in [1.82, 2.24) is 4.72 Å². The van der Waals surface area contributed by atoms with Crippen LogP contribution in [-0.4, -0.2) is 33.4 Å². The fourth-order valence-electron chi connectivity index (χ4n) is 1.58. The number of halogens is 4. The van der Waals surface area contributed by atoms with Gasteiger partial charge in [-0.1, -0.05) is 11.6 Å². The van der Waals surface area contributed by atoms with Crippen LogP contribution < -0.4 is 9.46 Å². The number of hydrogen-bond acceptors (Lipinski definition) is 4. The van der Waals surface area contributed by atoms with Gasteiger partial charge in [-0.25, -0.2) is 13.1 Å². The molecule has 21 heavy (non-hydrogen) atoms. The summed E-state index contributed by atoms with van der Waals surface area (Å²) in [5.74, 6) is -0.165. The molecule has 2 N–H and O–H groups in total. The molecule has 1 aromatic rings. The molecule has 0 aliphatic carbocycles. The van der Waals surface area contributed by atoms with Crippen molar-refractivity contribution in [2.45, 2.75) is 24.1 Å². The number of aliphatic hydroxyl groups excluding tert-OH is 1. The lowest BCUT2D eigenvalue weighted by molar-refractivity contribution is -0.132. The van der Waals surface area contributed by atoms with E-state index in [1.165, 1.54) is 13.2 Å². The van der Waals surface area contributed by atoms with Crippen LogP contribution >= 0.6 is 11.6 Å². The van der Waals surface area contributed by atoms with Crippen molar-refractivity contribution >= 4 is 21.6 Å². The average molecular weight is 348 g/mol. The minimum Gasteiger partial charge on any atom is -0.495 e. The molecule has 0 aliphatic rings. The van der Waals surface area contributed by atoms with Crippen LogP contribution in [0.1, 0.15) is 12.0 Å². The maximum atomic E-state index is 12.0. The summed E-state index contributed by atoms with van der Waals surface area (Å²) >= 11 is 5.73. The zero-order valence-corrected chi connectivity index (χ0v) is 12.4.